The van der Waals surface area contributed by atoms with Gasteiger partial charge in [0.15, 0.2) is 5.75 Å². The third kappa shape index (κ3) is 8.42. The van der Waals surface area contributed by atoms with Crippen LogP contribution in [0.15, 0.2) is 159 Å². The molecular formula is C36H25N7O13S4. The van der Waals surface area contributed by atoms with Crippen molar-refractivity contribution in [1.82, 2.24) is 0 Å². The molecule has 0 heterocycles. The molecule has 0 bridgehead atoms. The van der Waals surface area contributed by atoms with Crippen LogP contribution in [0.2, 0.25) is 0 Å². The molecule has 0 aromatic heterocycles. The van der Waals surface area contributed by atoms with Crippen LogP contribution in [0.5, 0.6) is 5.75 Å². The number of benzene rings is 7. The molecule has 20 nitrogen and oxygen atoms in total. The minimum Gasteiger partial charge on any atom is -0.505 e. The van der Waals surface area contributed by atoms with Crippen molar-refractivity contribution in [3.05, 3.63) is 109 Å². The van der Waals surface area contributed by atoms with Crippen LogP contribution in [0, 0.1) is 0 Å². The lowest BCUT2D eigenvalue weighted by Gasteiger charge is -2.09. The predicted molar refractivity (Wildman–Crippen MR) is 216 cm³/mol. The van der Waals surface area contributed by atoms with E-state index in [4.69, 9.17) is 5.73 Å². The first-order chi connectivity index (χ1) is 28.1. The largest absolute Gasteiger partial charge is 0.505 e. The normalized spacial score (nSPS) is 13.1. The number of azo groups is 3. The Balaban J connectivity index is 1.31. The van der Waals surface area contributed by atoms with E-state index in [1.165, 1.54) is 72.8 Å². The van der Waals surface area contributed by atoms with Gasteiger partial charge in [-0.2, -0.15) is 38.8 Å². The summed E-state index contributed by atoms with van der Waals surface area (Å²) in [5.74, 6) is -0.483. The Morgan fingerprint density at radius 1 is 0.383 bits per heavy atom. The summed E-state index contributed by atoms with van der Waals surface area (Å²) in [7, 11) is -18.8. The first-order valence-corrected chi connectivity index (χ1v) is 22.3. The summed E-state index contributed by atoms with van der Waals surface area (Å²) >= 11 is 0. The number of nitrogens with zero attached hydrogens (tertiary/aromatic N) is 6. The monoisotopic (exact) mass is 891 g/mol. The van der Waals surface area contributed by atoms with E-state index in [1.54, 1.807) is 0 Å². The Kier molecular flexibility index (Phi) is 10.5. The molecule has 0 spiro atoms. The molecule has 0 amide bonds. The van der Waals surface area contributed by atoms with E-state index < -0.39 is 65.8 Å². The zero-order valence-electron chi connectivity index (χ0n) is 29.8. The Bertz CT molecular complexity index is 3530. The van der Waals surface area contributed by atoms with Gasteiger partial charge in [-0.1, -0.05) is 30.3 Å². The highest BCUT2D eigenvalue weighted by atomic mass is 32.2. The number of aromatic hydroxyl groups is 1. The second-order valence-electron chi connectivity index (χ2n) is 12.6. The fraction of sp³-hybridized carbons (Fsp3) is 0. The van der Waals surface area contributed by atoms with E-state index >= 15 is 0 Å². The molecule has 0 aliphatic rings. The third-order valence-corrected chi connectivity index (χ3v) is 12.3. The lowest BCUT2D eigenvalue weighted by molar-refractivity contribution is 0.480. The number of fused-ring (bicyclic) bond motifs is 3. The number of hydrogen-bond donors (Lipinski definition) is 6. The van der Waals surface area contributed by atoms with E-state index in [0.29, 0.717) is 0 Å². The van der Waals surface area contributed by atoms with Crippen molar-refractivity contribution >= 4 is 113 Å². The van der Waals surface area contributed by atoms with Crippen molar-refractivity contribution < 1.29 is 57.0 Å². The number of nitrogens with two attached hydrogens (primary N) is 1. The Morgan fingerprint density at radius 3 is 1.30 bits per heavy atom. The predicted octanol–water partition coefficient (Wildman–Crippen LogP) is 8.67. The first-order valence-electron chi connectivity index (χ1n) is 16.5. The fourth-order valence-corrected chi connectivity index (χ4v) is 8.36. The van der Waals surface area contributed by atoms with Gasteiger partial charge in [-0.05, 0) is 78.9 Å². The fourth-order valence-electron chi connectivity index (χ4n) is 6.00. The van der Waals surface area contributed by atoms with Gasteiger partial charge in [0.05, 0.1) is 43.9 Å². The smallest absolute Gasteiger partial charge is 0.296 e. The molecule has 0 fully saturated rings. The van der Waals surface area contributed by atoms with E-state index in [2.05, 4.69) is 30.7 Å². The summed E-state index contributed by atoms with van der Waals surface area (Å²) in [5, 5.41) is 36.6. The highest BCUT2D eigenvalue weighted by Gasteiger charge is 2.19. The maximum absolute atomic E-state index is 12.1. The van der Waals surface area contributed by atoms with Gasteiger partial charge in [0.2, 0.25) is 0 Å². The lowest BCUT2D eigenvalue weighted by atomic mass is 10.1. The highest BCUT2D eigenvalue weighted by Crippen LogP contribution is 2.42. The zero-order valence-corrected chi connectivity index (χ0v) is 33.1. The molecule has 7 N–H and O–H groups in total. The van der Waals surface area contributed by atoms with Crippen molar-refractivity contribution in [2.45, 2.75) is 19.6 Å². The molecular weight excluding hydrogens is 867 g/mol. The van der Waals surface area contributed by atoms with Crippen LogP contribution in [-0.4, -0.2) is 57.0 Å². The van der Waals surface area contributed by atoms with Crippen LogP contribution < -0.4 is 5.73 Å². The Labute approximate surface area is 339 Å². The standard InChI is InChI=1S/C36H25N7O13S4/c37-28-10-4-19(16-35(28)60(54,55)56)38-39-29-12-14-31(26-17-20(57(45,46)47)5-7-22(26)29)41-40-30-13-15-32(27-18-21(58(48,49)50)6-8-23(27)30)42-43-33-11-9-24-25(36(33)44)2-1-3-34(24)59(51,52)53/h1-18,44H,37H2,(H,45,46,47)(H,48,49,50)(H,51,52,53)(H,54,55,56). The summed E-state index contributed by atoms with van der Waals surface area (Å²) < 4.78 is 134. The van der Waals surface area contributed by atoms with Crippen LogP contribution in [-0.2, 0) is 40.5 Å². The van der Waals surface area contributed by atoms with E-state index in [1.807, 2.05) is 0 Å². The molecule has 0 saturated carbocycles. The van der Waals surface area contributed by atoms with Gasteiger partial charge >= 0.3 is 0 Å². The zero-order chi connectivity index (χ0) is 43.4. The van der Waals surface area contributed by atoms with Gasteiger partial charge < -0.3 is 10.8 Å². The average molecular weight is 892 g/mol. The number of nitrogen functional groups attached to an aromatic ring is 1. The van der Waals surface area contributed by atoms with Crippen molar-refractivity contribution in [3.63, 3.8) is 0 Å². The van der Waals surface area contributed by atoms with Gasteiger partial charge in [-0.15, -0.1) is 25.6 Å². The van der Waals surface area contributed by atoms with Gasteiger partial charge in [0, 0.05) is 32.3 Å². The van der Waals surface area contributed by atoms with Crippen molar-refractivity contribution in [1.29, 1.82) is 0 Å². The maximum atomic E-state index is 12.1. The Hall–Kier alpha value is -6.64. The molecule has 0 unspecified atom stereocenters. The molecule has 7 aromatic rings. The lowest BCUT2D eigenvalue weighted by Crippen LogP contribution is -2.02. The summed E-state index contributed by atoms with van der Waals surface area (Å²) in [6.45, 7) is 0. The number of hydrogen-bond acceptors (Lipinski definition) is 16. The first kappa shape index (κ1) is 41.5. The van der Waals surface area contributed by atoms with Crippen molar-refractivity contribution in [3.8, 4) is 5.75 Å². The van der Waals surface area contributed by atoms with E-state index in [0.717, 1.165) is 36.4 Å². The van der Waals surface area contributed by atoms with Crippen LogP contribution in [0.1, 0.15) is 0 Å². The van der Waals surface area contributed by atoms with Crippen LogP contribution in [0.25, 0.3) is 32.3 Å². The highest BCUT2D eigenvalue weighted by molar-refractivity contribution is 7.86. The van der Waals surface area contributed by atoms with Gasteiger partial charge in [0.1, 0.15) is 15.5 Å². The summed E-state index contributed by atoms with van der Waals surface area (Å²) in [6, 6.07) is 22.5. The van der Waals surface area contributed by atoms with Crippen molar-refractivity contribution in [2.24, 2.45) is 30.7 Å². The minimum atomic E-state index is -4.74. The number of anilines is 1. The molecule has 60 heavy (non-hydrogen) atoms. The topological polar surface area (TPSA) is 338 Å². The maximum Gasteiger partial charge on any atom is 0.296 e. The van der Waals surface area contributed by atoms with Crippen LogP contribution in [0.3, 0.4) is 0 Å². The SMILES string of the molecule is Nc1ccc(N=Nc2ccc(N=Nc3ccc(N=Nc4ccc5c(S(=O)(=O)O)cccc5c4O)c4cc(S(=O)(=O)O)ccc34)c3cc(S(=O)(=O)O)ccc23)cc1S(=O)(=O)O. The van der Waals surface area contributed by atoms with E-state index in [-0.39, 0.29) is 72.1 Å². The second kappa shape index (κ2) is 15.2. The van der Waals surface area contributed by atoms with Gasteiger partial charge in [0.25, 0.3) is 40.5 Å². The van der Waals surface area contributed by atoms with Crippen molar-refractivity contribution in [2.75, 3.05) is 5.73 Å². The number of phenolic OH excluding ortho intramolecular Hbond substituents is 1. The van der Waals surface area contributed by atoms with E-state index in [9.17, 15) is 57.0 Å². The molecule has 0 radical (unpaired) electrons. The summed E-state index contributed by atoms with van der Waals surface area (Å²) in [4.78, 5) is -2.08. The molecule has 306 valence electrons. The molecule has 24 heteroatoms. The third-order valence-electron chi connectivity index (χ3n) is 8.81. The van der Waals surface area contributed by atoms with Crippen LogP contribution >= 0.6 is 0 Å². The molecule has 0 aliphatic heterocycles. The van der Waals surface area contributed by atoms with Gasteiger partial charge in [-0.25, -0.2) is 0 Å². The Morgan fingerprint density at radius 2 is 0.817 bits per heavy atom. The molecule has 0 saturated heterocycles. The minimum absolute atomic E-state index is 0.00506. The summed E-state index contributed by atoms with van der Waals surface area (Å²) in [6.07, 6.45) is 0. The molecule has 0 aliphatic carbocycles. The molecule has 7 rings (SSSR count). The summed E-state index contributed by atoms with van der Waals surface area (Å²) in [5.41, 5.74) is 5.58. The second-order valence-corrected chi connectivity index (χ2v) is 18.3. The molecule has 7 aromatic carbocycles. The quantitative estimate of drug-likeness (QED) is 0.0425. The number of rotatable bonds is 10. The van der Waals surface area contributed by atoms with Gasteiger partial charge in [-0.3, -0.25) is 18.2 Å². The molecule has 0 atom stereocenters. The van der Waals surface area contributed by atoms with Crippen LogP contribution in [0.4, 0.5) is 39.8 Å². The number of phenols is 1. The average Bonchev–Trinajstić information content (AvgIpc) is 3.17.